The van der Waals surface area contributed by atoms with Crippen LogP contribution in [-0.2, 0) is 20.1 Å². The standard InChI is InChI=1S/C18H14NS.C13H14N.Ir/c1-14-10-11-17(19-12-14)16-8-3-2-6-15-7-4-5-9-18(15)20-13-16;1-10-3-6-12(7-4-10)13-8-5-11(2)9-14-13;/h2-7,9-13H,1H3;3,5-9H,4H2,1-2H3;/q2*-1;/i1D3,10D,11D;;. The van der Waals surface area contributed by atoms with E-state index < -0.39 is 6.85 Å². The van der Waals surface area contributed by atoms with Crippen molar-refractivity contribution in [2.75, 3.05) is 0 Å². The first-order chi connectivity index (χ1) is 18.6. The fraction of sp³-hybridized carbons (Fsp3) is 0.129. The van der Waals surface area contributed by atoms with Gasteiger partial charge < -0.3 is 9.97 Å². The van der Waals surface area contributed by atoms with Crippen molar-refractivity contribution in [1.29, 1.82) is 0 Å². The summed E-state index contributed by atoms with van der Waals surface area (Å²) < 4.78 is 39.5. The molecule has 0 saturated carbocycles. The monoisotopic (exact) mass is 658 g/mol. The molecule has 0 unspecified atom stereocenters. The van der Waals surface area contributed by atoms with Gasteiger partial charge in [0.05, 0.1) is 2.74 Å². The molecule has 0 N–H and O–H groups in total. The SMILES string of the molecule is CC1=CC=C(c2ccc(C)cn2)[CH-]C1.[2H]c1c(C([2H])([2H])[2H])cnc(-c2[c-]cccc3ccccc3sc2)c1[2H].[Ir]. The first-order valence-electron chi connectivity index (χ1n) is 13.5. The Morgan fingerprint density at radius 2 is 1.74 bits per heavy atom. The summed E-state index contributed by atoms with van der Waals surface area (Å²) in [5.41, 5.74) is 5.48. The fourth-order valence-electron chi connectivity index (χ4n) is 3.22. The number of benzene rings is 1. The quantitative estimate of drug-likeness (QED) is 0.202. The number of pyridine rings is 2. The van der Waals surface area contributed by atoms with Gasteiger partial charge in [0.25, 0.3) is 0 Å². The van der Waals surface area contributed by atoms with Crippen LogP contribution in [0.15, 0.2) is 102 Å². The van der Waals surface area contributed by atoms with Gasteiger partial charge in [0.2, 0.25) is 0 Å². The predicted molar refractivity (Wildman–Crippen MR) is 146 cm³/mol. The molecule has 2 nitrogen and oxygen atoms in total. The van der Waals surface area contributed by atoms with Crippen molar-refractivity contribution in [3.05, 3.63) is 131 Å². The van der Waals surface area contributed by atoms with Gasteiger partial charge >= 0.3 is 0 Å². The van der Waals surface area contributed by atoms with Gasteiger partial charge in [-0.15, -0.1) is 29.8 Å². The van der Waals surface area contributed by atoms with Crippen LogP contribution in [0.25, 0.3) is 26.9 Å². The summed E-state index contributed by atoms with van der Waals surface area (Å²) in [7, 11) is 0. The minimum Gasteiger partial charge on any atom is -0.320 e. The predicted octanol–water partition coefficient (Wildman–Crippen LogP) is 8.52. The Bertz CT molecular complexity index is 1590. The first kappa shape index (κ1) is 20.2. The van der Waals surface area contributed by atoms with Crippen molar-refractivity contribution in [2.24, 2.45) is 0 Å². The second-order valence-electron chi connectivity index (χ2n) is 7.89. The molecular formula is C31H28IrN2S-2. The average molecular weight is 658 g/mol. The van der Waals surface area contributed by atoms with Crippen LogP contribution < -0.4 is 0 Å². The maximum atomic E-state index is 8.16. The number of aromatic nitrogens is 2. The minimum atomic E-state index is -2.46. The maximum absolute atomic E-state index is 8.16. The third kappa shape index (κ3) is 7.73. The molecule has 4 aromatic rings. The van der Waals surface area contributed by atoms with Crippen LogP contribution in [0.3, 0.4) is 0 Å². The zero-order valence-corrected chi connectivity index (χ0v) is 22.7. The summed E-state index contributed by atoms with van der Waals surface area (Å²) in [6, 6.07) is 20.1. The van der Waals surface area contributed by atoms with Crippen molar-refractivity contribution in [3.8, 4) is 11.3 Å². The Labute approximate surface area is 233 Å². The Morgan fingerprint density at radius 1 is 0.943 bits per heavy atom. The second kappa shape index (κ2) is 13.2. The molecule has 0 fully saturated rings. The molecule has 1 radical (unpaired) electrons. The summed E-state index contributed by atoms with van der Waals surface area (Å²) in [6.45, 7) is 1.74. The van der Waals surface area contributed by atoms with Crippen LogP contribution >= 0.6 is 11.3 Å². The molecule has 0 atom stereocenters. The maximum Gasteiger partial charge on any atom is 0.0618 e. The van der Waals surface area contributed by atoms with Gasteiger partial charge in [0.1, 0.15) is 0 Å². The van der Waals surface area contributed by atoms with Crippen molar-refractivity contribution in [2.45, 2.75) is 27.1 Å². The first-order valence-corrected chi connectivity index (χ1v) is 11.8. The van der Waals surface area contributed by atoms with Crippen LogP contribution in [0.5, 0.6) is 0 Å². The molecule has 179 valence electrons. The van der Waals surface area contributed by atoms with Crippen LogP contribution in [0.2, 0.25) is 0 Å². The van der Waals surface area contributed by atoms with Crippen molar-refractivity contribution < 1.29 is 27.0 Å². The van der Waals surface area contributed by atoms with Gasteiger partial charge in [0, 0.05) is 41.3 Å². The third-order valence-corrected chi connectivity index (χ3v) is 6.10. The molecule has 0 bridgehead atoms. The van der Waals surface area contributed by atoms with E-state index >= 15 is 0 Å². The third-order valence-electron chi connectivity index (χ3n) is 5.13. The summed E-state index contributed by atoms with van der Waals surface area (Å²) in [5.74, 6) is 0. The summed E-state index contributed by atoms with van der Waals surface area (Å²) in [4.78, 5) is 8.53. The molecule has 1 aliphatic carbocycles. The molecule has 3 heterocycles. The molecule has 3 aromatic heterocycles. The van der Waals surface area contributed by atoms with Crippen molar-refractivity contribution in [3.63, 3.8) is 0 Å². The number of rotatable bonds is 2. The van der Waals surface area contributed by atoms with Crippen molar-refractivity contribution in [1.82, 2.24) is 9.97 Å². The Balaban J connectivity index is 0.000000250. The van der Waals surface area contributed by atoms with Crippen molar-refractivity contribution >= 4 is 27.0 Å². The molecule has 0 spiro atoms. The van der Waals surface area contributed by atoms with Gasteiger partial charge in [-0.1, -0.05) is 65.9 Å². The number of hydrogen-bond donors (Lipinski definition) is 0. The number of aryl methyl sites for hydroxylation is 2. The molecule has 1 aromatic carbocycles. The molecule has 35 heavy (non-hydrogen) atoms. The van der Waals surface area contributed by atoms with E-state index in [0.717, 1.165) is 28.4 Å². The number of hydrogen-bond acceptors (Lipinski definition) is 3. The molecule has 5 rings (SSSR count). The zero-order valence-electron chi connectivity index (χ0n) is 24.5. The summed E-state index contributed by atoms with van der Waals surface area (Å²) in [5, 5.41) is 2.89. The largest absolute Gasteiger partial charge is 0.320 e. The van der Waals surface area contributed by atoms with E-state index in [1.165, 1.54) is 28.0 Å². The molecule has 0 aliphatic heterocycles. The fourth-order valence-corrected chi connectivity index (χ4v) is 4.07. The van der Waals surface area contributed by atoms with Crippen LogP contribution in [0.4, 0.5) is 0 Å². The van der Waals surface area contributed by atoms with Gasteiger partial charge in [-0.25, -0.2) is 0 Å². The molecule has 4 heteroatoms. The van der Waals surface area contributed by atoms with E-state index in [4.69, 9.17) is 6.85 Å². The van der Waals surface area contributed by atoms with E-state index in [-0.39, 0.29) is 43.4 Å². The van der Waals surface area contributed by atoms with Crippen LogP contribution in [0, 0.1) is 26.3 Å². The van der Waals surface area contributed by atoms with E-state index in [0.29, 0.717) is 5.56 Å². The molecule has 0 saturated heterocycles. The van der Waals surface area contributed by atoms with Crippen LogP contribution in [0.1, 0.15) is 37.0 Å². The van der Waals surface area contributed by atoms with E-state index in [1.807, 2.05) is 48.0 Å². The molecule has 0 amide bonds. The number of allylic oxidation sites excluding steroid dienone is 4. The topological polar surface area (TPSA) is 25.8 Å². The van der Waals surface area contributed by atoms with E-state index in [2.05, 4.69) is 60.6 Å². The van der Waals surface area contributed by atoms with Crippen LogP contribution in [-0.4, -0.2) is 9.97 Å². The molecule has 1 aliphatic rings. The Kier molecular flexibility index (Phi) is 7.59. The van der Waals surface area contributed by atoms with E-state index in [9.17, 15) is 0 Å². The Morgan fingerprint density at radius 3 is 2.51 bits per heavy atom. The Hall–Kier alpha value is -3.04. The number of nitrogens with zero attached hydrogens (tertiary/aromatic N) is 2. The normalized spacial score (nSPS) is 14.5. The zero-order chi connectivity index (χ0) is 28.0. The van der Waals surface area contributed by atoms with Gasteiger partial charge in [-0.05, 0) is 54.7 Å². The van der Waals surface area contributed by atoms with E-state index in [1.54, 1.807) is 6.07 Å². The average Bonchev–Trinajstić information content (AvgIpc) is 3.01. The smallest absolute Gasteiger partial charge is 0.0618 e. The summed E-state index contributed by atoms with van der Waals surface area (Å²) >= 11 is 1.47. The second-order valence-corrected chi connectivity index (χ2v) is 8.80. The van der Waals surface area contributed by atoms with Gasteiger partial charge in [0.15, 0.2) is 0 Å². The molecular weight excluding hydrogens is 625 g/mol. The van der Waals surface area contributed by atoms with Gasteiger partial charge in [-0.2, -0.15) is 29.4 Å². The number of fused-ring (bicyclic) bond motifs is 1. The summed E-state index contributed by atoms with van der Waals surface area (Å²) in [6.07, 6.45) is 10.6. The van der Waals surface area contributed by atoms with Gasteiger partial charge in [-0.3, -0.25) is 0 Å². The minimum absolute atomic E-state index is 0.